The highest BCUT2D eigenvalue weighted by Crippen LogP contribution is 2.26. The molecule has 1 aromatic rings. The molecule has 2 unspecified atom stereocenters. The molecule has 0 aliphatic rings. The zero-order chi connectivity index (χ0) is 12.1. The summed E-state index contributed by atoms with van der Waals surface area (Å²) in [4.78, 5) is 0. The molecule has 0 fully saturated rings. The van der Waals surface area contributed by atoms with Crippen LogP contribution in [0.2, 0.25) is 5.02 Å². The monoisotopic (exact) mass is 304 g/mol. The lowest BCUT2D eigenvalue weighted by Crippen LogP contribution is -2.34. The predicted molar refractivity (Wildman–Crippen MR) is 73.8 cm³/mol. The molecule has 2 atom stereocenters. The first-order valence-electron chi connectivity index (χ1n) is 5.49. The number of rotatable bonds is 5. The van der Waals surface area contributed by atoms with E-state index in [0.717, 1.165) is 21.5 Å². The summed E-state index contributed by atoms with van der Waals surface area (Å²) in [6, 6.07) is 6.58. The van der Waals surface area contributed by atoms with Crippen LogP contribution >= 0.6 is 27.5 Å². The third-order valence-corrected chi connectivity index (χ3v) is 3.91. The molecule has 1 aromatic carbocycles. The number of hydrogen-bond donors (Lipinski definition) is 2. The van der Waals surface area contributed by atoms with Gasteiger partial charge >= 0.3 is 0 Å². The van der Waals surface area contributed by atoms with Gasteiger partial charge in [0.1, 0.15) is 0 Å². The summed E-state index contributed by atoms with van der Waals surface area (Å²) < 4.78 is 0.914. The largest absolute Gasteiger partial charge is 0.329 e. The summed E-state index contributed by atoms with van der Waals surface area (Å²) in [5, 5.41) is 4.20. The van der Waals surface area contributed by atoms with Gasteiger partial charge in [0.2, 0.25) is 0 Å². The van der Waals surface area contributed by atoms with Crippen LogP contribution in [-0.4, -0.2) is 12.6 Å². The van der Waals surface area contributed by atoms with E-state index in [1.807, 2.05) is 18.2 Å². The minimum absolute atomic E-state index is 0.167. The summed E-state index contributed by atoms with van der Waals surface area (Å²) in [5.41, 5.74) is 6.91. The first-order chi connectivity index (χ1) is 7.58. The van der Waals surface area contributed by atoms with Crippen molar-refractivity contribution < 1.29 is 0 Å². The van der Waals surface area contributed by atoms with Gasteiger partial charge in [0.15, 0.2) is 0 Å². The summed E-state index contributed by atoms with van der Waals surface area (Å²) >= 11 is 9.45. The van der Waals surface area contributed by atoms with Crippen LogP contribution in [0.15, 0.2) is 22.7 Å². The first-order valence-corrected chi connectivity index (χ1v) is 6.66. The molecule has 0 heterocycles. The SMILES string of the molecule is CCC(C)NC(CN)c1ccc(Br)c(Cl)c1. The highest BCUT2D eigenvalue weighted by atomic mass is 79.9. The van der Waals surface area contributed by atoms with Crippen LogP contribution in [0, 0.1) is 0 Å². The normalized spacial score (nSPS) is 14.8. The number of nitrogens with two attached hydrogens (primary N) is 1. The molecule has 0 radical (unpaired) electrons. The quantitative estimate of drug-likeness (QED) is 0.874. The van der Waals surface area contributed by atoms with E-state index in [9.17, 15) is 0 Å². The van der Waals surface area contributed by atoms with E-state index in [0.29, 0.717) is 12.6 Å². The molecule has 0 amide bonds. The molecule has 0 aliphatic carbocycles. The Bertz CT molecular complexity index is 344. The average molecular weight is 306 g/mol. The Kier molecular flexibility index (Phi) is 5.76. The van der Waals surface area contributed by atoms with Crippen molar-refractivity contribution in [2.24, 2.45) is 5.73 Å². The molecule has 0 aliphatic heterocycles. The van der Waals surface area contributed by atoms with E-state index in [1.165, 1.54) is 0 Å². The van der Waals surface area contributed by atoms with Crippen molar-refractivity contribution in [1.29, 1.82) is 0 Å². The van der Waals surface area contributed by atoms with Crippen molar-refractivity contribution in [3.63, 3.8) is 0 Å². The fourth-order valence-corrected chi connectivity index (χ4v) is 1.93. The molecular weight excluding hydrogens is 288 g/mol. The summed E-state index contributed by atoms with van der Waals surface area (Å²) in [5.74, 6) is 0. The maximum atomic E-state index is 6.07. The van der Waals surface area contributed by atoms with E-state index in [1.54, 1.807) is 0 Å². The number of halogens is 2. The molecular formula is C12H18BrClN2. The minimum atomic E-state index is 0.167. The Morgan fingerprint density at radius 1 is 1.50 bits per heavy atom. The molecule has 2 nitrogen and oxygen atoms in total. The molecule has 0 bridgehead atoms. The molecule has 0 aromatic heterocycles. The third kappa shape index (κ3) is 3.74. The maximum Gasteiger partial charge on any atom is 0.0551 e. The number of nitrogens with one attached hydrogen (secondary N) is 1. The number of benzene rings is 1. The van der Waals surface area contributed by atoms with Gasteiger partial charge < -0.3 is 11.1 Å². The molecule has 0 saturated heterocycles. The van der Waals surface area contributed by atoms with Gasteiger partial charge in [-0.05, 0) is 47.0 Å². The van der Waals surface area contributed by atoms with Crippen LogP contribution in [-0.2, 0) is 0 Å². The Hall–Kier alpha value is -0.0900. The maximum absolute atomic E-state index is 6.07. The summed E-state index contributed by atoms with van der Waals surface area (Å²) in [6.45, 7) is 4.88. The van der Waals surface area contributed by atoms with Crippen LogP contribution in [0.1, 0.15) is 31.9 Å². The van der Waals surface area contributed by atoms with Gasteiger partial charge in [-0.2, -0.15) is 0 Å². The fourth-order valence-electron chi connectivity index (χ4n) is 1.49. The van der Waals surface area contributed by atoms with Gasteiger partial charge in [-0.3, -0.25) is 0 Å². The van der Waals surface area contributed by atoms with Crippen LogP contribution in [0.25, 0.3) is 0 Å². The van der Waals surface area contributed by atoms with Crippen LogP contribution in [0.5, 0.6) is 0 Å². The molecule has 3 N–H and O–H groups in total. The Balaban J connectivity index is 2.82. The molecule has 0 saturated carbocycles. The van der Waals surface area contributed by atoms with Crippen molar-refractivity contribution in [2.45, 2.75) is 32.4 Å². The van der Waals surface area contributed by atoms with Gasteiger partial charge in [-0.1, -0.05) is 24.6 Å². The Labute approximate surface area is 111 Å². The Morgan fingerprint density at radius 3 is 2.69 bits per heavy atom. The highest BCUT2D eigenvalue weighted by molar-refractivity contribution is 9.10. The fraction of sp³-hybridized carbons (Fsp3) is 0.500. The van der Waals surface area contributed by atoms with Gasteiger partial charge in [0.05, 0.1) is 5.02 Å². The second-order valence-corrected chi connectivity index (χ2v) is 5.20. The van der Waals surface area contributed by atoms with E-state index in [4.69, 9.17) is 17.3 Å². The minimum Gasteiger partial charge on any atom is -0.329 e. The number of hydrogen-bond acceptors (Lipinski definition) is 2. The second-order valence-electron chi connectivity index (χ2n) is 3.94. The standard InChI is InChI=1S/C12H18BrClN2/c1-3-8(2)16-12(7-15)9-4-5-10(13)11(14)6-9/h4-6,8,12,16H,3,7,15H2,1-2H3. The zero-order valence-electron chi connectivity index (χ0n) is 9.63. The molecule has 90 valence electrons. The van der Waals surface area contributed by atoms with Crippen LogP contribution in [0.4, 0.5) is 0 Å². The molecule has 0 spiro atoms. The lowest BCUT2D eigenvalue weighted by Gasteiger charge is -2.22. The van der Waals surface area contributed by atoms with Crippen molar-refractivity contribution >= 4 is 27.5 Å². The highest BCUT2D eigenvalue weighted by Gasteiger charge is 2.12. The van der Waals surface area contributed by atoms with Gasteiger partial charge in [-0.15, -0.1) is 0 Å². The third-order valence-electron chi connectivity index (χ3n) is 2.68. The lowest BCUT2D eigenvalue weighted by atomic mass is 10.1. The lowest BCUT2D eigenvalue weighted by molar-refractivity contribution is 0.452. The van der Waals surface area contributed by atoms with E-state index >= 15 is 0 Å². The van der Waals surface area contributed by atoms with E-state index in [2.05, 4.69) is 35.1 Å². The van der Waals surface area contributed by atoms with Gasteiger partial charge in [-0.25, -0.2) is 0 Å². The van der Waals surface area contributed by atoms with Crippen molar-refractivity contribution in [1.82, 2.24) is 5.32 Å². The van der Waals surface area contributed by atoms with Gasteiger partial charge in [0, 0.05) is 23.1 Å². The summed E-state index contributed by atoms with van der Waals surface area (Å²) in [7, 11) is 0. The Morgan fingerprint density at radius 2 is 2.19 bits per heavy atom. The van der Waals surface area contributed by atoms with Crippen LogP contribution in [0.3, 0.4) is 0 Å². The van der Waals surface area contributed by atoms with Crippen molar-refractivity contribution in [3.05, 3.63) is 33.3 Å². The van der Waals surface area contributed by atoms with Crippen molar-refractivity contribution in [3.8, 4) is 0 Å². The molecule has 4 heteroatoms. The topological polar surface area (TPSA) is 38.0 Å². The predicted octanol–water partition coefficient (Wildman–Crippen LogP) is 3.49. The van der Waals surface area contributed by atoms with E-state index < -0.39 is 0 Å². The zero-order valence-corrected chi connectivity index (χ0v) is 12.0. The smallest absolute Gasteiger partial charge is 0.0551 e. The van der Waals surface area contributed by atoms with Crippen LogP contribution < -0.4 is 11.1 Å². The first kappa shape index (κ1) is 14.0. The van der Waals surface area contributed by atoms with E-state index in [-0.39, 0.29) is 6.04 Å². The average Bonchev–Trinajstić information content (AvgIpc) is 2.29. The molecule has 16 heavy (non-hydrogen) atoms. The molecule has 1 rings (SSSR count). The van der Waals surface area contributed by atoms with Crippen molar-refractivity contribution in [2.75, 3.05) is 6.54 Å². The second kappa shape index (κ2) is 6.60. The summed E-state index contributed by atoms with van der Waals surface area (Å²) in [6.07, 6.45) is 1.08. The van der Waals surface area contributed by atoms with Gasteiger partial charge in [0.25, 0.3) is 0 Å².